The van der Waals surface area contributed by atoms with Gasteiger partial charge in [0, 0.05) is 0 Å². The second kappa shape index (κ2) is 6.99. The zero-order valence-corrected chi connectivity index (χ0v) is 8.19. The number of nitrogens with zero attached hydrogens (tertiary/aromatic N) is 1. The highest BCUT2D eigenvalue weighted by atomic mass is 32.2. The van der Waals surface area contributed by atoms with Crippen LogP contribution >= 0.6 is 11.8 Å². The number of hydrogen-bond donors (Lipinski definition) is 0. The lowest BCUT2D eigenvalue weighted by Crippen LogP contribution is -2.16. The average Bonchev–Trinajstić information content (AvgIpc) is 2.06. The van der Waals surface area contributed by atoms with Gasteiger partial charge in [-0.1, -0.05) is 0 Å². The highest BCUT2D eigenvalue weighted by Crippen LogP contribution is 2.08. The Bertz CT molecular complexity index is 176. The normalized spacial score (nSPS) is 11.8. The first kappa shape index (κ1) is 11.3. The molecule has 3 nitrogen and oxygen atoms in total. The van der Waals surface area contributed by atoms with Crippen molar-refractivity contribution in [2.45, 2.75) is 13.3 Å². The Morgan fingerprint density at radius 2 is 2.42 bits per heavy atom. The minimum absolute atomic E-state index is 0.344. The van der Waals surface area contributed by atoms with Crippen molar-refractivity contribution in [1.82, 2.24) is 0 Å². The number of hydrogen-bond acceptors (Lipinski definition) is 4. The number of nitriles is 1. The Labute approximate surface area is 77.1 Å². The van der Waals surface area contributed by atoms with E-state index in [0.29, 0.717) is 13.0 Å². The summed E-state index contributed by atoms with van der Waals surface area (Å²) in [6, 6.07) is 1.93. The molecule has 68 valence electrons. The smallest absolute Gasteiger partial charge is 0.323 e. The Hall–Kier alpha value is -0.690. The van der Waals surface area contributed by atoms with E-state index in [-0.39, 0.29) is 0 Å². The van der Waals surface area contributed by atoms with Gasteiger partial charge in [0.2, 0.25) is 0 Å². The predicted molar refractivity (Wildman–Crippen MR) is 48.7 cm³/mol. The summed E-state index contributed by atoms with van der Waals surface area (Å²) in [7, 11) is 0. The molecule has 0 N–H and O–H groups in total. The quantitative estimate of drug-likeness (QED) is 0.611. The van der Waals surface area contributed by atoms with Gasteiger partial charge in [-0.05, 0) is 25.4 Å². The topological polar surface area (TPSA) is 50.1 Å². The first-order chi connectivity index (χ1) is 5.76. The molecule has 0 fully saturated rings. The van der Waals surface area contributed by atoms with E-state index in [1.807, 2.05) is 12.3 Å². The van der Waals surface area contributed by atoms with E-state index >= 15 is 0 Å². The van der Waals surface area contributed by atoms with Crippen molar-refractivity contribution < 1.29 is 9.53 Å². The van der Waals surface area contributed by atoms with Crippen LogP contribution in [0, 0.1) is 17.2 Å². The molecule has 0 saturated heterocycles. The summed E-state index contributed by atoms with van der Waals surface area (Å²) >= 11 is 1.62. The van der Waals surface area contributed by atoms with Crippen molar-refractivity contribution >= 4 is 17.7 Å². The number of thioether (sulfide) groups is 1. The highest BCUT2D eigenvalue weighted by molar-refractivity contribution is 7.98. The summed E-state index contributed by atoms with van der Waals surface area (Å²) in [6.45, 7) is 2.08. The van der Waals surface area contributed by atoms with Gasteiger partial charge in [-0.3, -0.25) is 4.79 Å². The summed E-state index contributed by atoms with van der Waals surface area (Å²) in [5.74, 6) is -0.164. The summed E-state index contributed by atoms with van der Waals surface area (Å²) in [4.78, 5) is 11.0. The van der Waals surface area contributed by atoms with Crippen molar-refractivity contribution in [2.75, 3.05) is 18.6 Å². The molecule has 0 rings (SSSR count). The van der Waals surface area contributed by atoms with Crippen LogP contribution in [0.5, 0.6) is 0 Å². The highest BCUT2D eigenvalue weighted by Gasteiger charge is 2.17. The first-order valence-corrected chi connectivity index (χ1v) is 5.20. The van der Waals surface area contributed by atoms with E-state index in [0.717, 1.165) is 5.75 Å². The van der Waals surface area contributed by atoms with Crippen molar-refractivity contribution in [2.24, 2.45) is 5.92 Å². The van der Waals surface area contributed by atoms with Crippen LogP contribution in [0.1, 0.15) is 13.3 Å². The van der Waals surface area contributed by atoms with Gasteiger partial charge >= 0.3 is 5.97 Å². The summed E-state index contributed by atoms with van der Waals surface area (Å²) < 4.78 is 4.72. The van der Waals surface area contributed by atoms with E-state index in [2.05, 4.69) is 0 Å². The lowest BCUT2D eigenvalue weighted by Gasteiger charge is -2.06. The lowest BCUT2D eigenvalue weighted by atomic mass is 10.1. The van der Waals surface area contributed by atoms with Gasteiger partial charge in [-0.15, -0.1) is 0 Å². The van der Waals surface area contributed by atoms with Crippen LogP contribution in [-0.4, -0.2) is 24.6 Å². The molecule has 4 heteroatoms. The van der Waals surface area contributed by atoms with E-state index in [1.165, 1.54) is 0 Å². The van der Waals surface area contributed by atoms with Crippen LogP contribution in [0.15, 0.2) is 0 Å². The Balaban J connectivity index is 3.81. The maximum absolute atomic E-state index is 11.0. The van der Waals surface area contributed by atoms with Crippen LogP contribution < -0.4 is 0 Å². The molecule has 0 aliphatic rings. The molecular weight excluding hydrogens is 174 g/mol. The summed E-state index contributed by atoms with van der Waals surface area (Å²) in [5, 5.41) is 8.59. The maximum atomic E-state index is 11.0. The molecule has 0 radical (unpaired) electrons. The number of ether oxygens (including phenoxy) is 1. The molecule has 0 aromatic heterocycles. The van der Waals surface area contributed by atoms with Crippen LogP contribution in [-0.2, 0) is 9.53 Å². The second-order valence-corrected chi connectivity index (χ2v) is 3.20. The van der Waals surface area contributed by atoms with Crippen molar-refractivity contribution in [3.8, 4) is 6.07 Å². The van der Waals surface area contributed by atoms with E-state index in [1.54, 1.807) is 18.7 Å². The van der Waals surface area contributed by atoms with Crippen LogP contribution in [0.3, 0.4) is 0 Å². The van der Waals surface area contributed by atoms with Gasteiger partial charge in [0.05, 0.1) is 12.7 Å². The molecule has 0 aliphatic heterocycles. The zero-order chi connectivity index (χ0) is 9.40. The fraction of sp³-hybridized carbons (Fsp3) is 0.750. The molecule has 0 aromatic rings. The lowest BCUT2D eigenvalue weighted by molar-refractivity contribution is -0.146. The van der Waals surface area contributed by atoms with Crippen molar-refractivity contribution in [3.05, 3.63) is 0 Å². The van der Waals surface area contributed by atoms with Gasteiger partial charge in [0.15, 0.2) is 0 Å². The Morgan fingerprint density at radius 3 is 2.83 bits per heavy atom. The largest absolute Gasteiger partial charge is 0.465 e. The number of esters is 1. The number of carbonyl (C=O) groups excluding carboxylic acids is 1. The van der Waals surface area contributed by atoms with Gasteiger partial charge in [0.25, 0.3) is 0 Å². The third-order valence-electron chi connectivity index (χ3n) is 1.34. The minimum Gasteiger partial charge on any atom is -0.465 e. The van der Waals surface area contributed by atoms with E-state index in [9.17, 15) is 4.79 Å². The second-order valence-electron chi connectivity index (χ2n) is 2.22. The number of rotatable bonds is 5. The van der Waals surface area contributed by atoms with Crippen LogP contribution in [0.4, 0.5) is 0 Å². The molecule has 0 heterocycles. The number of carbonyl (C=O) groups is 1. The van der Waals surface area contributed by atoms with Crippen LogP contribution in [0.25, 0.3) is 0 Å². The van der Waals surface area contributed by atoms with Crippen molar-refractivity contribution in [3.63, 3.8) is 0 Å². The fourth-order valence-electron chi connectivity index (χ4n) is 0.714. The molecule has 0 aliphatic carbocycles. The first-order valence-electron chi connectivity index (χ1n) is 3.81. The predicted octanol–water partition coefficient (Wildman–Crippen LogP) is 1.44. The zero-order valence-electron chi connectivity index (χ0n) is 7.37. The maximum Gasteiger partial charge on any atom is 0.323 e. The van der Waals surface area contributed by atoms with Crippen LogP contribution in [0.2, 0.25) is 0 Å². The summed E-state index contributed by atoms with van der Waals surface area (Å²) in [5.41, 5.74) is 0. The average molecular weight is 187 g/mol. The molecule has 0 amide bonds. The molecule has 1 atom stereocenters. The third kappa shape index (κ3) is 4.24. The van der Waals surface area contributed by atoms with Gasteiger partial charge in [-0.2, -0.15) is 17.0 Å². The standard InChI is InChI=1S/C8H13NO2S/c1-3-11-8(10)7(6-9)4-5-12-2/h7H,3-5H2,1-2H3. The molecule has 0 bridgehead atoms. The summed E-state index contributed by atoms with van der Waals surface area (Å²) in [6.07, 6.45) is 2.52. The Kier molecular flexibility index (Phi) is 6.58. The molecule has 12 heavy (non-hydrogen) atoms. The van der Waals surface area contributed by atoms with Gasteiger partial charge in [0.1, 0.15) is 5.92 Å². The minimum atomic E-state index is -0.586. The van der Waals surface area contributed by atoms with Crippen molar-refractivity contribution in [1.29, 1.82) is 5.26 Å². The Morgan fingerprint density at radius 1 is 1.75 bits per heavy atom. The SMILES string of the molecule is CCOC(=O)C(C#N)CCSC. The molecule has 1 unspecified atom stereocenters. The van der Waals surface area contributed by atoms with Gasteiger partial charge in [-0.25, -0.2) is 0 Å². The molecular formula is C8H13NO2S. The molecule has 0 saturated carbocycles. The third-order valence-corrected chi connectivity index (χ3v) is 1.98. The van der Waals surface area contributed by atoms with E-state index in [4.69, 9.17) is 10.00 Å². The molecule has 0 aromatic carbocycles. The monoisotopic (exact) mass is 187 g/mol. The fourth-order valence-corrected chi connectivity index (χ4v) is 1.19. The van der Waals surface area contributed by atoms with E-state index < -0.39 is 11.9 Å². The molecule has 0 spiro atoms. The van der Waals surface area contributed by atoms with Gasteiger partial charge < -0.3 is 4.74 Å².